The summed E-state index contributed by atoms with van der Waals surface area (Å²) in [6.45, 7) is 0.544. The quantitative estimate of drug-likeness (QED) is 0.521. The molecule has 0 saturated carbocycles. The Hall–Kier alpha value is -1.45. The van der Waals surface area contributed by atoms with Crippen molar-refractivity contribution in [1.29, 1.82) is 0 Å². The maximum atomic E-state index is 10.8. The van der Waals surface area contributed by atoms with Crippen LogP contribution in [0.4, 0.5) is 0 Å². The summed E-state index contributed by atoms with van der Waals surface area (Å²) in [7, 11) is 0. The van der Waals surface area contributed by atoms with Gasteiger partial charge in [-0.25, -0.2) is 9.97 Å². The summed E-state index contributed by atoms with van der Waals surface area (Å²) in [4.78, 5) is 18.2. The maximum absolute atomic E-state index is 10.8. The average Bonchev–Trinajstić information content (AvgIpc) is 2.34. The van der Waals surface area contributed by atoms with Gasteiger partial charge in [-0.2, -0.15) is 0 Å². The first-order valence-electron chi connectivity index (χ1n) is 2.88. The molecule has 0 fully saturated rings. The molecule has 0 aliphatic carbocycles. The molecule has 1 aromatic rings. The second-order valence-corrected chi connectivity index (χ2v) is 2.03. The third-order valence-corrected chi connectivity index (χ3v) is 1.40. The third-order valence-electron chi connectivity index (χ3n) is 1.40. The van der Waals surface area contributed by atoms with Crippen LogP contribution in [0.15, 0.2) is 6.20 Å². The van der Waals surface area contributed by atoms with Crippen molar-refractivity contribution in [2.75, 3.05) is 0 Å². The fourth-order valence-corrected chi connectivity index (χ4v) is 0.904. The van der Waals surface area contributed by atoms with Gasteiger partial charge in [0.15, 0.2) is 6.33 Å². The molecule has 0 atom stereocenters. The number of rotatable bonds is 0. The molecule has 49 valence electrons. The normalized spacial score (nSPS) is 14.6. The Balaban J connectivity index is 2.61. The maximum Gasteiger partial charge on any atom is 0.270 e. The highest BCUT2D eigenvalue weighted by Crippen LogP contribution is 2.08. The Morgan fingerprint density at radius 2 is 2.60 bits per heavy atom. The van der Waals surface area contributed by atoms with Crippen molar-refractivity contribution in [3.8, 4) is 0 Å². The molecule has 4 nitrogen and oxygen atoms in total. The topological polar surface area (TPSA) is 54.9 Å². The molecule has 1 N–H and O–H groups in total. The molecule has 1 amide bonds. The Morgan fingerprint density at radius 1 is 1.70 bits per heavy atom. The largest absolute Gasteiger partial charge is 0.346 e. The van der Waals surface area contributed by atoms with Gasteiger partial charge in [0.2, 0.25) is 0 Å². The average molecular weight is 134 g/mol. The number of carbonyl (C=O) groups is 1. The second-order valence-electron chi connectivity index (χ2n) is 2.03. The zero-order valence-electron chi connectivity index (χ0n) is 5.09. The van der Waals surface area contributed by atoms with Crippen LogP contribution in [0.25, 0.3) is 0 Å². The van der Waals surface area contributed by atoms with Gasteiger partial charge in [-0.3, -0.25) is 4.79 Å². The zero-order chi connectivity index (χ0) is 6.97. The first-order valence-corrected chi connectivity index (χ1v) is 2.88. The lowest BCUT2D eigenvalue weighted by molar-refractivity contribution is 0.0961. The molecule has 10 heavy (non-hydrogen) atoms. The van der Waals surface area contributed by atoms with Crippen LogP contribution < -0.4 is 5.32 Å². The summed E-state index contributed by atoms with van der Waals surface area (Å²) in [5, 5.41) is 2.62. The Labute approximate surface area is 57.3 Å². The SMILES string of the molecule is O=C1NCc2cn[c]nc21. The fourth-order valence-electron chi connectivity index (χ4n) is 0.904. The van der Waals surface area contributed by atoms with Crippen molar-refractivity contribution in [1.82, 2.24) is 15.3 Å². The highest BCUT2D eigenvalue weighted by atomic mass is 16.2. The van der Waals surface area contributed by atoms with Gasteiger partial charge in [0, 0.05) is 18.3 Å². The van der Waals surface area contributed by atoms with E-state index >= 15 is 0 Å². The smallest absolute Gasteiger partial charge is 0.270 e. The molecule has 0 aromatic carbocycles. The summed E-state index contributed by atoms with van der Waals surface area (Å²) < 4.78 is 0. The molecule has 1 radical (unpaired) electrons. The lowest BCUT2D eigenvalue weighted by Crippen LogP contribution is -2.13. The first-order chi connectivity index (χ1) is 4.88. The minimum Gasteiger partial charge on any atom is -0.346 e. The van der Waals surface area contributed by atoms with Crippen LogP contribution in [0.2, 0.25) is 0 Å². The minimum absolute atomic E-state index is 0.131. The summed E-state index contributed by atoms with van der Waals surface area (Å²) in [6.07, 6.45) is 3.96. The van der Waals surface area contributed by atoms with Crippen molar-refractivity contribution >= 4 is 5.91 Å². The van der Waals surface area contributed by atoms with E-state index in [0.717, 1.165) is 5.56 Å². The molecule has 2 rings (SSSR count). The number of nitrogens with one attached hydrogen (secondary N) is 1. The lowest BCUT2D eigenvalue weighted by Gasteiger charge is -1.87. The molecular weight excluding hydrogens is 130 g/mol. The summed E-state index contributed by atoms with van der Waals surface area (Å²) in [5.41, 5.74) is 1.30. The molecule has 0 bridgehead atoms. The van der Waals surface area contributed by atoms with Crippen LogP contribution in [-0.4, -0.2) is 15.9 Å². The van der Waals surface area contributed by atoms with Gasteiger partial charge in [-0.05, 0) is 0 Å². The van der Waals surface area contributed by atoms with E-state index < -0.39 is 0 Å². The second kappa shape index (κ2) is 1.76. The number of carbonyl (C=O) groups excluding carboxylic acids is 1. The molecule has 2 heterocycles. The van der Waals surface area contributed by atoms with E-state index in [-0.39, 0.29) is 5.91 Å². The molecular formula is C6H4N3O. The Bertz CT molecular complexity index is 284. The predicted molar refractivity (Wildman–Crippen MR) is 32.0 cm³/mol. The van der Waals surface area contributed by atoms with Crippen molar-refractivity contribution in [2.45, 2.75) is 6.54 Å². The molecule has 0 unspecified atom stereocenters. The Kier molecular flexibility index (Phi) is 0.943. The van der Waals surface area contributed by atoms with Crippen LogP contribution in [0.3, 0.4) is 0 Å². The van der Waals surface area contributed by atoms with E-state index in [1.807, 2.05) is 0 Å². The number of hydrogen-bond acceptors (Lipinski definition) is 3. The van der Waals surface area contributed by atoms with Gasteiger partial charge in [0.1, 0.15) is 5.69 Å². The van der Waals surface area contributed by atoms with E-state index in [1.54, 1.807) is 6.20 Å². The molecule has 0 spiro atoms. The zero-order valence-corrected chi connectivity index (χ0v) is 5.09. The van der Waals surface area contributed by atoms with E-state index in [0.29, 0.717) is 12.2 Å². The molecule has 1 aromatic heterocycles. The molecule has 1 aliphatic heterocycles. The van der Waals surface area contributed by atoms with Crippen molar-refractivity contribution in [2.24, 2.45) is 0 Å². The van der Waals surface area contributed by atoms with Crippen molar-refractivity contribution in [3.05, 3.63) is 23.8 Å². The summed E-state index contributed by atoms with van der Waals surface area (Å²) in [5.74, 6) is -0.131. The number of amides is 1. The van der Waals surface area contributed by atoms with Crippen LogP contribution in [0.1, 0.15) is 16.1 Å². The standard InChI is InChI=1S/C6H4N3O/c10-6-5-4(2-8-6)1-7-3-9-5/h1H,2H2,(H,8,10). The predicted octanol–water partition coefficient (Wildman–Crippen LogP) is -0.480. The summed E-state index contributed by atoms with van der Waals surface area (Å²) >= 11 is 0. The van der Waals surface area contributed by atoms with E-state index in [1.165, 1.54) is 0 Å². The first kappa shape index (κ1) is 5.34. The van der Waals surface area contributed by atoms with Gasteiger partial charge < -0.3 is 5.32 Å². The van der Waals surface area contributed by atoms with E-state index in [2.05, 4.69) is 21.6 Å². The van der Waals surface area contributed by atoms with Gasteiger partial charge in [-0.15, -0.1) is 0 Å². The van der Waals surface area contributed by atoms with Crippen LogP contribution in [0.5, 0.6) is 0 Å². The monoisotopic (exact) mass is 134 g/mol. The molecule has 0 saturated heterocycles. The van der Waals surface area contributed by atoms with Gasteiger partial charge in [-0.1, -0.05) is 0 Å². The highest BCUT2D eigenvalue weighted by Gasteiger charge is 2.19. The van der Waals surface area contributed by atoms with Crippen LogP contribution >= 0.6 is 0 Å². The minimum atomic E-state index is -0.131. The number of aromatic nitrogens is 2. The number of fused-ring (bicyclic) bond motifs is 1. The van der Waals surface area contributed by atoms with E-state index in [4.69, 9.17) is 0 Å². The van der Waals surface area contributed by atoms with Gasteiger partial charge >= 0.3 is 0 Å². The van der Waals surface area contributed by atoms with Crippen molar-refractivity contribution < 1.29 is 4.79 Å². The highest BCUT2D eigenvalue weighted by molar-refractivity contribution is 5.96. The van der Waals surface area contributed by atoms with Crippen molar-refractivity contribution in [3.63, 3.8) is 0 Å². The number of hydrogen-bond donors (Lipinski definition) is 1. The lowest BCUT2D eigenvalue weighted by atomic mass is 10.3. The van der Waals surface area contributed by atoms with Gasteiger partial charge in [0.05, 0.1) is 0 Å². The molecule has 4 heteroatoms. The Morgan fingerprint density at radius 3 is 3.40 bits per heavy atom. The number of nitrogens with zero attached hydrogens (tertiary/aromatic N) is 2. The van der Waals surface area contributed by atoms with Crippen LogP contribution in [-0.2, 0) is 6.54 Å². The molecule has 1 aliphatic rings. The van der Waals surface area contributed by atoms with Gasteiger partial charge in [0.25, 0.3) is 5.91 Å². The van der Waals surface area contributed by atoms with E-state index in [9.17, 15) is 4.79 Å². The summed E-state index contributed by atoms with van der Waals surface area (Å²) in [6, 6.07) is 0. The fraction of sp³-hybridized carbons (Fsp3) is 0.167. The third kappa shape index (κ3) is 0.586. The van der Waals surface area contributed by atoms with Crippen LogP contribution in [0, 0.1) is 6.33 Å².